The Bertz CT molecular complexity index is 508. The van der Waals surface area contributed by atoms with Crippen LogP contribution in [0.25, 0.3) is 0 Å². The van der Waals surface area contributed by atoms with Crippen LogP contribution in [0.3, 0.4) is 0 Å². The molecule has 0 aliphatic rings. The summed E-state index contributed by atoms with van der Waals surface area (Å²) in [5.74, 6) is -1.79. The van der Waals surface area contributed by atoms with Gasteiger partial charge in [-0.25, -0.2) is 4.79 Å². The van der Waals surface area contributed by atoms with Crippen LogP contribution in [0.1, 0.15) is 31.1 Å². The molecule has 1 rings (SSSR count). The van der Waals surface area contributed by atoms with Crippen molar-refractivity contribution in [3.05, 3.63) is 28.8 Å². The maximum atomic E-state index is 12.0. The fourth-order valence-corrected chi connectivity index (χ4v) is 1.69. The number of phenolic OH excluding ortho intramolecular Hbond substituents is 1. The van der Waals surface area contributed by atoms with Crippen LogP contribution in [0.15, 0.2) is 18.2 Å². The van der Waals surface area contributed by atoms with Crippen molar-refractivity contribution in [1.82, 2.24) is 5.32 Å². The largest absolute Gasteiger partial charge is 0.506 e. The lowest BCUT2D eigenvalue weighted by Crippen LogP contribution is -2.49. The smallest absolute Gasteiger partial charge is 0.326 e. The lowest BCUT2D eigenvalue weighted by molar-refractivity contribution is -0.142. The molecule has 104 valence electrons. The summed E-state index contributed by atoms with van der Waals surface area (Å²) in [5.41, 5.74) is -0.430. The molecule has 1 aromatic rings. The Kier molecular flexibility index (Phi) is 4.42. The third kappa shape index (κ3) is 3.86. The van der Waals surface area contributed by atoms with E-state index >= 15 is 0 Å². The highest BCUT2D eigenvalue weighted by Gasteiger charge is 2.32. The number of nitrogens with one attached hydrogen (secondary N) is 1. The van der Waals surface area contributed by atoms with E-state index in [4.69, 9.17) is 16.7 Å². The van der Waals surface area contributed by atoms with Crippen LogP contribution >= 0.6 is 11.6 Å². The number of aliphatic carboxylic acids is 1. The predicted octanol–water partition coefficient (Wildman–Crippen LogP) is 2.27. The highest BCUT2D eigenvalue weighted by atomic mass is 35.5. The van der Waals surface area contributed by atoms with E-state index in [0.29, 0.717) is 0 Å². The molecule has 0 fully saturated rings. The summed E-state index contributed by atoms with van der Waals surface area (Å²) in [7, 11) is 0. The van der Waals surface area contributed by atoms with Gasteiger partial charge in [0.25, 0.3) is 5.91 Å². The van der Waals surface area contributed by atoms with Gasteiger partial charge in [-0.2, -0.15) is 0 Å². The molecular weight excluding hydrogens is 270 g/mol. The molecule has 0 heterocycles. The maximum absolute atomic E-state index is 12.0. The molecule has 1 aromatic carbocycles. The SMILES string of the molecule is CC(C)(C)[C@H](NC(=O)c1ccc(O)c(Cl)c1)C(=O)O. The fourth-order valence-electron chi connectivity index (χ4n) is 1.51. The van der Waals surface area contributed by atoms with Gasteiger partial charge in [-0.15, -0.1) is 0 Å². The summed E-state index contributed by atoms with van der Waals surface area (Å²) in [6.45, 7) is 5.15. The van der Waals surface area contributed by atoms with Crippen molar-refractivity contribution in [1.29, 1.82) is 0 Å². The highest BCUT2D eigenvalue weighted by molar-refractivity contribution is 6.32. The quantitative estimate of drug-likeness (QED) is 0.795. The topological polar surface area (TPSA) is 86.6 Å². The van der Waals surface area contributed by atoms with Crippen LogP contribution in [0.5, 0.6) is 5.75 Å². The molecule has 0 unspecified atom stereocenters. The highest BCUT2D eigenvalue weighted by Crippen LogP contribution is 2.24. The Morgan fingerprint density at radius 3 is 2.32 bits per heavy atom. The number of carbonyl (C=O) groups excluding carboxylic acids is 1. The second kappa shape index (κ2) is 5.48. The predicted molar refractivity (Wildman–Crippen MR) is 71.5 cm³/mol. The molecule has 0 aliphatic heterocycles. The summed E-state index contributed by atoms with van der Waals surface area (Å²) in [6, 6.07) is 2.92. The summed E-state index contributed by atoms with van der Waals surface area (Å²) >= 11 is 5.70. The molecule has 3 N–H and O–H groups in total. The molecule has 0 saturated carbocycles. The molecule has 0 aliphatic carbocycles. The van der Waals surface area contributed by atoms with Gasteiger partial charge in [-0.3, -0.25) is 4.79 Å². The minimum absolute atomic E-state index is 0.0373. The lowest BCUT2D eigenvalue weighted by atomic mass is 9.86. The third-order valence-electron chi connectivity index (χ3n) is 2.60. The number of carbonyl (C=O) groups is 2. The zero-order valence-electron chi connectivity index (χ0n) is 10.9. The fraction of sp³-hybridized carbons (Fsp3) is 0.385. The van der Waals surface area contributed by atoms with E-state index in [1.165, 1.54) is 18.2 Å². The van der Waals surface area contributed by atoms with Crippen LogP contribution in [-0.2, 0) is 4.79 Å². The van der Waals surface area contributed by atoms with Crippen LogP contribution in [0.2, 0.25) is 5.02 Å². The number of aromatic hydroxyl groups is 1. The van der Waals surface area contributed by atoms with Gasteiger partial charge < -0.3 is 15.5 Å². The van der Waals surface area contributed by atoms with Crippen molar-refractivity contribution in [3.8, 4) is 5.75 Å². The van der Waals surface area contributed by atoms with Gasteiger partial charge in [0.1, 0.15) is 11.8 Å². The Hall–Kier alpha value is -1.75. The minimum atomic E-state index is -1.11. The van der Waals surface area contributed by atoms with Gasteiger partial charge >= 0.3 is 5.97 Å². The van der Waals surface area contributed by atoms with Crippen LogP contribution in [0, 0.1) is 5.41 Å². The number of carboxylic acid groups (broad SMARTS) is 1. The van der Waals surface area contributed by atoms with Crippen LogP contribution < -0.4 is 5.32 Å². The van der Waals surface area contributed by atoms with Crippen molar-refractivity contribution in [2.24, 2.45) is 5.41 Å². The summed E-state index contributed by atoms with van der Waals surface area (Å²) in [5, 5.41) is 20.9. The molecule has 5 nitrogen and oxygen atoms in total. The summed E-state index contributed by atoms with van der Waals surface area (Å²) < 4.78 is 0. The molecule has 0 bridgehead atoms. The number of carboxylic acids is 1. The number of hydrogen-bond donors (Lipinski definition) is 3. The zero-order valence-corrected chi connectivity index (χ0v) is 11.7. The first kappa shape index (κ1) is 15.3. The van der Waals surface area contributed by atoms with E-state index < -0.39 is 23.3 Å². The molecule has 0 saturated heterocycles. The minimum Gasteiger partial charge on any atom is -0.506 e. The molecule has 1 atom stereocenters. The average molecular weight is 286 g/mol. The van der Waals surface area contributed by atoms with Crippen molar-refractivity contribution < 1.29 is 19.8 Å². The molecule has 0 spiro atoms. The van der Waals surface area contributed by atoms with Gasteiger partial charge in [0.05, 0.1) is 5.02 Å². The number of benzene rings is 1. The van der Waals surface area contributed by atoms with Crippen molar-refractivity contribution >= 4 is 23.5 Å². The third-order valence-corrected chi connectivity index (χ3v) is 2.90. The average Bonchev–Trinajstić information content (AvgIpc) is 2.27. The Morgan fingerprint density at radius 2 is 1.89 bits per heavy atom. The Labute approximate surface area is 116 Å². The zero-order chi connectivity index (χ0) is 14.8. The number of hydrogen-bond acceptors (Lipinski definition) is 3. The number of halogens is 1. The first-order valence-electron chi connectivity index (χ1n) is 5.65. The number of amides is 1. The van der Waals surface area contributed by atoms with E-state index in [0.717, 1.165) is 0 Å². The van der Waals surface area contributed by atoms with E-state index in [1.807, 2.05) is 0 Å². The normalized spacial score (nSPS) is 12.8. The van der Waals surface area contributed by atoms with Gasteiger partial charge in [0.2, 0.25) is 0 Å². The summed E-state index contributed by atoms with van der Waals surface area (Å²) in [6.07, 6.45) is 0. The van der Waals surface area contributed by atoms with Gasteiger partial charge in [0, 0.05) is 5.56 Å². The lowest BCUT2D eigenvalue weighted by Gasteiger charge is -2.27. The Balaban J connectivity index is 2.94. The second-order valence-corrected chi connectivity index (χ2v) is 5.68. The first-order chi connectivity index (χ1) is 8.62. The molecule has 19 heavy (non-hydrogen) atoms. The van der Waals surface area contributed by atoms with Gasteiger partial charge in [-0.05, 0) is 23.6 Å². The number of rotatable bonds is 3. The van der Waals surface area contributed by atoms with Gasteiger partial charge in [-0.1, -0.05) is 32.4 Å². The Morgan fingerprint density at radius 1 is 1.32 bits per heavy atom. The van der Waals surface area contributed by atoms with E-state index in [2.05, 4.69) is 5.32 Å². The summed E-state index contributed by atoms with van der Waals surface area (Å²) in [4.78, 5) is 23.1. The van der Waals surface area contributed by atoms with Gasteiger partial charge in [0.15, 0.2) is 0 Å². The van der Waals surface area contributed by atoms with Crippen molar-refractivity contribution in [2.75, 3.05) is 0 Å². The molecule has 1 amide bonds. The van der Waals surface area contributed by atoms with Crippen LogP contribution in [-0.4, -0.2) is 28.1 Å². The first-order valence-corrected chi connectivity index (χ1v) is 6.03. The van der Waals surface area contributed by atoms with Crippen LogP contribution in [0.4, 0.5) is 0 Å². The molecular formula is C13H16ClNO4. The standard InChI is InChI=1S/C13H16ClNO4/c1-13(2,3)10(12(18)19)15-11(17)7-4-5-9(16)8(14)6-7/h4-6,10,16H,1-3H3,(H,15,17)(H,18,19)/t10-/m1/s1. The van der Waals surface area contributed by atoms with Crippen molar-refractivity contribution in [3.63, 3.8) is 0 Å². The van der Waals surface area contributed by atoms with E-state index in [9.17, 15) is 14.7 Å². The van der Waals surface area contributed by atoms with E-state index in [1.54, 1.807) is 20.8 Å². The number of phenols is 1. The maximum Gasteiger partial charge on any atom is 0.326 e. The van der Waals surface area contributed by atoms with Crippen molar-refractivity contribution in [2.45, 2.75) is 26.8 Å². The molecule has 0 radical (unpaired) electrons. The monoisotopic (exact) mass is 285 g/mol. The van der Waals surface area contributed by atoms with E-state index in [-0.39, 0.29) is 16.3 Å². The molecule has 0 aromatic heterocycles. The molecule has 6 heteroatoms. The second-order valence-electron chi connectivity index (χ2n) is 5.28.